The zero-order valence-electron chi connectivity index (χ0n) is 14.0. The molecule has 0 bridgehead atoms. The van der Waals surface area contributed by atoms with Crippen LogP contribution in [0.15, 0.2) is 42.5 Å². The lowest BCUT2D eigenvalue weighted by Crippen LogP contribution is -2.36. The molecule has 24 heavy (non-hydrogen) atoms. The quantitative estimate of drug-likeness (QED) is 0.938. The molecule has 1 N–H and O–H groups in total. The fraction of sp³-hybridized carbons (Fsp3) is 0.316. The van der Waals surface area contributed by atoms with E-state index in [0.29, 0.717) is 17.0 Å². The van der Waals surface area contributed by atoms with Crippen LogP contribution in [-0.2, 0) is 4.74 Å². The molecule has 1 aliphatic heterocycles. The Kier molecular flexibility index (Phi) is 5.01. The van der Waals surface area contributed by atoms with Gasteiger partial charge in [0.15, 0.2) is 0 Å². The molecule has 0 unspecified atom stereocenters. The Bertz CT molecular complexity index is 724. The molecule has 0 radical (unpaired) electrons. The van der Waals surface area contributed by atoms with E-state index in [1.54, 1.807) is 7.11 Å². The monoisotopic (exact) mass is 326 g/mol. The molecule has 1 amide bonds. The van der Waals surface area contributed by atoms with Gasteiger partial charge in [-0.25, -0.2) is 0 Å². The molecule has 0 spiro atoms. The van der Waals surface area contributed by atoms with Crippen LogP contribution >= 0.6 is 0 Å². The molecule has 1 saturated heterocycles. The molecule has 2 aromatic rings. The molecule has 3 rings (SSSR count). The summed E-state index contributed by atoms with van der Waals surface area (Å²) in [6.07, 6.45) is 0. The largest absolute Gasteiger partial charge is 0.495 e. The Balaban J connectivity index is 1.85. The number of hydrogen-bond donors (Lipinski definition) is 1. The molecule has 1 heterocycles. The second-order valence-corrected chi connectivity index (χ2v) is 5.75. The van der Waals surface area contributed by atoms with Gasteiger partial charge in [-0.05, 0) is 36.8 Å². The SMILES string of the molecule is COc1ccc(N2CCOCC2)cc1NC(=O)c1ccccc1C. The van der Waals surface area contributed by atoms with Crippen molar-refractivity contribution in [3.8, 4) is 5.75 Å². The molecule has 0 aliphatic carbocycles. The summed E-state index contributed by atoms with van der Waals surface area (Å²) < 4.78 is 10.8. The zero-order valence-corrected chi connectivity index (χ0v) is 14.0. The number of rotatable bonds is 4. The molecular weight excluding hydrogens is 304 g/mol. The van der Waals surface area contributed by atoms with Gasteiger partial charge < -0.3 is 19.7 Å². The smallest absolute Gasteiger partial charge is 0.256 e. The molecule has 5 heteroatoms. The van der Waals surface area contributed by atoms with Crippen LogP contribution in [0.3, 0.4) is 0 Å². The van der Waals surface area contributed by atoms with Crippen molar-refractivity contribution in [1.29, 1.82) is 0 Å². The van der Waals surface area contributed by atoms with Crippen LogP contribution in [0, 0.1) is 6.92 Å². The van der Waals surface area contributed by atoms with Crippen molar-refractivity contribution in [2.75, 3.05) is 43.6 Å². The first-order valence-corrected chi connectivity index (χ1v) is 8.07. The average Bonchev–Trinajstić information content (AvgIpc) is 2.62. The second-order valence-electron chi connectivity index (χ2n) is 5.75. The third-order valence-corrected chi connectivity index (χ3v) is 4.20. The van der Waals surface area contributed by atoms with Gasteiger partial charge >= 0.3 is 0 Å². The van der Waals surface area contributed by atoms with Crippen LogP contribution in [0.4, 0.5) is 11.4 Å². The summed E-state index contributed by atoms with van der Waals surface area (Å²) in [6, 6.07) is 13.4. The number of amides is 1. The summed E-state index contributed by atoms with van der Waals surface area (Å²) in [5.41, 5.74) is 3.34. The highest BCUT2D eigenvalue weighted by atomic mass is 16.5. The maximum absolute atomic E-state index is 12.6. The van der Waals surface area contributed by atoms with E-state index in [9.17, 15) is 4.79 Å². The standard InChI is InChI=1S/C19H22N2O3/c1-14-5-3-4-6-16(14)19(22)20-17-13-15(7-8-18(17)23-2)21-9-11-24-12-10-21/h3-8,13H,9-12H2,1-2H3,(H,20,22). The van der Waals surface area contributed by atoms with Gasteiger partial charge in [-0.3, -0.25) is 4.79 Å². The van der Waals surface area contributed by atoms with Gasteiger partial charge in [0.1, 0.15) is 5.75 Å². The second kappa shape index (κ2) is 7.36. The summed E-state index contributed by atoms with van der Waals surface area (Å²) in [5, 5.41) is 2.98. The third kappa shape index (κ3) is 3.51. The minimum absolute atomic E-state index is 0.134. The molecule has 1 fully saturated rings. The summed E-state index contributed by atoms with van der Waals surface area (Å²) >= 11 is 0. The summed E-state index contributed by atoms with van der Waals surface area (Å²) in [4.78, 5) is 14.8. The van der Waals surface area contributed by atoms with Crippen LogP contribution < -0.4 is 15.0 Å². The Morgan fingerprint density at radius 1 is 1.17 bits per heavy atom. The Morgan fingerprint density at radius 3 is 2.62 bits per heavy atom. The van der Waals surface area contributed by atoms with Crippen LogP contribution in [0.25, 0.3) is 0 Å². The first kappa shape index (κ1) is 16.3. The number of carbonyl (C=O) groups excluding carboxylic acids is 1. The molecule has 2 aromatic carbocycles. The predicted octanol–water partition coefficient (Wildman–Crippen LogP) is 3.09. The fourth-order valence-electron chi connectivity index (χ4n) is 2.83. The number of ether oxygens (including phenoxy) is 2. The minimum Gasteiger partial charge on any atom is -0.495 e. The van der Waals surface area contributed by atoms with Crippen LogP contribution in [-0.4, -0.2) is 39.3 Å². The van der Waals surface area contributed by atoms with Gasteiger partial charge in [0.25, 0.3) is 5.91 Å². The number of morpholine rings is 1. The molecule has 126 valence electrons. The maximum Gasteiger partial charge on any atom is 0.256 e. The van der Waals surface area contributed by atoms with E-state index < -0.39 is 0 Å². The van der Waals surface area contributed by atoms with E-state index in [0.717, 1.165) is 37.6 Å². The minimum atomic E-state index is -0.134. The van der Waals surface area contributed by atoms with Crippen molar-refractivity contribution < 1.29 is 14.3 Å². The van der Waals surface area contributed by atoms with E-state index in [1.807, 2.05) is 49.4 Å². The third-order valence-electron chi connectivity index (χ3n) is 4.20. The van der Waals surface area contributed by atoms with Gasteiger partial charge in [-0.2, -0.15) is 0 Å². The number of anilines is 2. The average molecular weight is 326 g/mol. The summed E-state index contributed by atoms with van der Waals surface area (Å²) in [5.74, 6) is 0.513. The van der Waals surface area contributed by atoms with Crippen molar-refractivity contribution in [3.63, 3.8) is 0 Å². The van der Waals surface area contributed by atoms with Crippen LogP contribution in [0.5, 0.6) is 5.75 Å². The molecule has 5 nitrogen and oxygen atoms in total. The highest BCUT2D eigenvalue weighted by molar-refractivity contribution is 6.06. The van der Waals surface area contributed by atoms with E-state index >= 15 is 0 Å². The topological polar surface area (TPSA) is 50.8 Å². The van der Waals surface area contributed by atoms with Gasteiger partial charge in [0.2, 0.25) is 0 Å². The van der Waals surface area contributed by atoms with Crippen LogP contribution in [0.2, 0.25) is 0 Å². The van der Waals surface area contributed by atoms with E-state index in [4.69, 9.17) is 9.47 Å². The lowest BCUT2D eigenvalue weighted by Gasteiger charge is -2.29. The fourth-order valence-corrected chi connectivity index (χ4v) is 2.83. The molecule has 0 aromatic heterocycles. The number of benzene rings is 2. The van der Waals surface area contributed by atoms with Crippen molar-refractivity contribution >= 4 is 17.3 Å². The molecule has 1 aliphatic rings. The van der Waals surface area contributed by atoms with Crippen molar-refractivity contribution in [3.05, 3.63) is 53.6 Å². The van der Waals surface area contributed by atoms with Crippen molar-refractivity contribution in [2.24, 2.45) is 0 Å². The predicted molar refractivity (Wildman–Crippen MR) is 95.2 cm³/mol. The van der Waals surface area contributed by atoms with E-state index in [1.165, 1.54) is 0 Å². The Labute approximate surface area is 142 Å². The zero-order chi connectivity index (χ0) is 16.9. The number of methoxy groups -OCH3 is 1. The Hall–Kier alpha value is -2.53. The van der Waals surface area contributed by atoms with Crippen molar-refractivity contribution in [2.45, 2.75) is 6.92 Å². The number of carbonyl (C=O) groups is 1. The number of hydrogen-bond acceptors (Lipinski definition) is 4. The number of aryl methyl sites for hydroxylation is 1. The van der Waals surface area contributed by atoms with E-state index in [2.05, 4.69) is 10.2 Å². The van der Waals surface area contributed by atoms with Gasteiger partial charge in [-0.1, -0.05) is 18.2 Å². The first-order valence-electron chi connectivity index (χ1n) is 8.07. The lowest BCUT2D eigenvalue weighted by atomic mass is 10.1. The molecule has 0 atom stereocenters. The summed E-state index contributed by atoms with van der Waals surface area (Å²) in [6.45, 7) is 5.05. The van der Waals surface area contributed by atoms with Gasteiger partial charge in [0.05, 0.1) is 26.0 Å². The highest BCUT2D eigenvalue weighted by Gasteiger charge is 2.16. The number of nitrogens with zero attached hydrogens (tertiary/aromatic N) is 1. The maximum atomic E-state index is 12.6. The van der Waals surface area contributed by atoms with E-state index in [-0.39, 0.29) is 5.91 Å². The van der Waals surface area contributed by atoms with Gasteiger partial charge in [-0.15, -0.1) is 0 Å². The van der Waals surface area contributed by atoms with Crippen molar-refractivity contribution in [1.82, 2.24) is 0 Å². The normalized spacial score (nSPS) is 14.3. The Morgan fingerprint density at radius 2 is 1.92 bits per heavy atom. The molecular formula is C19H22N2O3. The highest BCUT2D eigenvalue weighted by Crippen LogP contribution is 2.30. The number of nitrogens with one attached hydrogen (secondary N) is 1. The lowest BCUT2D eigenvalue weighted by molar-refractivity contribution is 0.102. The van der Waals surface area contributed by atoms with Crippen LogP contribution in [0.1, 0.15) is 15.9 Å². The molecule has 0 saturated carbocycles. The first-order chi connectivity index (χ1) is 11.7. The van der Waals surface area contributed by atoms with Gasteiger partial charge in [0, 0.05) is 24.3 Å². The summed E-state index contributed by atoms with van der Waals surface area (Å²) in [7, 11) is 1.60.